The van der Waals surface area contributed by atoms with E-state index in [4.69, 9.17) is 4.74 Å². The van der Waals surface area contributed by atoms with E-state index in [0.29, 0.717) is 17.9 Å². The Kier molecular flexibility index (Phi) is 6.80. The van der Waals surface area contributed by atoms with Gasteiger partial charge in [0.15, 0.2) is 0 Å². The zero-order chi connectivity index (χ0) is 15.2. The number of hydrogen-bond acceptors (Lipinski definition) is 3. The van der Waals surface area contributed by atoms with Gasteiger partial charge in [0.25, 0.3) is 0 Å². The number of carbonyl (C=O) groups is 1. The third kappa shape index (κ3) is 4.37. The molecule has 2 atom stereocenters. The molecule has 4 heteroatoms. The molecule has 1 aliphatic rings. The third-order valence-electron chi connectivity index (χ3n) is 5.19. The second-order valence-electron chi connectivity index (χ2n) is 6.40. The normalized spacial score (nSPS) is 24.3. The van der Waals surface area contributed by atoms with Crippen molar-refractivity contribution in [3.63, 3.8) is 0 Å². The van der Waals surface area contributed by atoms with Crippen LogP contribution in [0.3, 0.4) is 0 Å². The van der Waals surface area contributed by atoms with E-state index in [1.165, 1.54) is 12.8 Å². The highest BCUT2D eigenvalue weighted by atomic mass is 16.5. The van der Waals surface area contributed by atoms with E-state index in [9.17, 15) is 4.79 Å². The number of ether oxygens (including phenoxy) is 1. The first kappa shape index (κ1) is 17.3. The first-order valence-corrected chi connectivity index (χ1v) is 8.08. The molecule has 0 bridgehead atoms. The quantitative estimate of drug-likeness (QED) is 0.744. The lowest BCUT2D eigenvalue weighted by Crippen LogP contribution is -2.49. The smallest absolute Gasteiger partial charge is 0.407 e. The first-order valence-electron chi connectivity index (χ1n) is 8.08. The molecule has 0 aromatic heterocycles. The summed E-state index contributed by atoms with van der Waals surface area (Å²) in [7, 11) is 0. The molecular weight excluding hydrogens is 252 g/mol. The number of carbonyl (C=O) groups excluding carboxylic acids is 1. The second-order valence-corrected chi connectivity index (χ2v) is 6.40. The van der Waals surface area contributed by atoms with Crippen molar-refractivity contribution >= 4 is 6.09 Å². The van der Waals surface area contributed by atoms with E-state index in [1.54, 1.807) is 0 Å². The number of amides is 1. The Bertz CT molecular complexity index is 301. The highest BCUT2D eigenvalue weighted by molar-refractivity contribution is 5.67. The number of hydrogen-bond donors (Lipinski definition) is 1. The predicted molar refractivity (Wildman–Crippen MR) is 82.8 cm³/mol. The van der Waals surface area contributed by atoms with Crippen molar-refractivity contribution < 1.29 is 9.53 Å². The lowest BCUT2D eigenvalue weighted by molar-refractivity contribution is -0.0210. The largest absolute Gasteiger partial charge is 0.448 e. The van der Waals surface area contributed by atoms with Crippen molar-refractivity contribution in [1.82, 2.24) is 10.2 Å². The summed E-state index contributed by atoms with van der Waals surface area (Å²) in [5.41, 5.74) is 0.350. The van der Waals surface area contributed by atoms with E-state index < -0.39 is 0 Å². The molecule has 0 heterocycles. The highest BCUT2D eigenvalue weighted by Crippen LogP contribution is 2.52. The van der Waals surface area contributed by atoms with Gasteiger partial charge in [-0.3, -0.25) is 0 Å². The molecule has 1 amide bonds. The van der Waals surface area contributed by atoms with E-state index in [-0.39, 0.29) is 6.09 Å². The summed E-state index contributed by atoms with van der Waals surface area (Å²) in [6.07, 6.45) is 2.19. The number of nitrogens with one attached hydrogen (secondary N) is 1. The van der Waals surface area contributed by atoms with Gasteiger partial charge in [-0.25, -0.2) is 4.79 Å². The molecule has 0 spiro atoms. The molecule has 0 saturated heterocycles. The minimum Gasteiger partial charge on any atom is -0.448 e. The number of rotatable bonds is 8. The second kappa shape index (κ2) is 7.87. The summed E-state index contributed by atoms with van der Waals surface area (Å²) in [4.78, 5) is 13.9. The molecule has 1 aliphatic carbocycles. The van der Waals surface area contributed by atoms with Crippen LogP contribution in [0.4, 0.5) is 4.79 Å². The minimum atomic E-state index is -0.270. The fraction of sp³-hybridized carbons (Fsp3) is 0.938. The molecule has 0 aromatic carbocycles. The molecule has 0 radical (unpaired) electrons. The van der Waals surface area contributed by atoms with Crippen molar-refractivity contribution in [1.29, 1.82) is 0 Å². The van der Waals surface area contributed by atoms with Gasteiger partial charge in [-0.1, -0.05) is 41.0 Å². The summed E-state index contributed by atoms with van der Waals surface area (Å²) < 4.78 is 5.22. The van der Waals surface area contributed by atoms with Crippen molar-refractivity contribution in [2.24, 2.45) is 17.3 Å². The van der Waals surface area contributed by atoms with Gasteiger partial charge in [0.2, 0.25) is 0 Å². The summed E-state index contributed by atoms with van der Waals surface area (Å²) in [5, 5.41) is 2.91. The average Bonchev–Trinajstić information content (AvgIpc) is 2.42. The number of alkyl carbamates (subject to hydrolysis) is 1. The van der Waals surface area contributed by atoms with Crippen LogP contribution in [-0.2, 0) is 4.74 Å². The van der Waals surface area contributed by atoms with Crippen LogP contribution >= 0.6 is 0 Å². The maximum Gasteiger partial charge on any atom is 0.407 e. The van der Waals surface area contributed by atoms with Gasteiger partial charge < -0.3 is 15.0 Å². The molecule has 1 rings (SSSR count). The third-order valence-corrected chi connectivity index (χ3v) is 5.19. The average molecular weight is 284 g/mol. The Morgan fingerprint density at radius 2 is 1.90 bits per heavy atom. The summed E-state index contributed by atoms with van der Waals surface area (Å²) >= 11 is 0. The molecule has 1 saturated carbocycles. The monoisotopic (exact) mass is 284 g/mol. The van der Waals surface area contributed by atoms with Gasteiger partial charge in [0.1, 0.15) is 6.61 Å². The summed E-state index contributed by atoms with van der Waals surface area (Å²) in [5.74, 6) is 1.38. The van der Waals surface area contributed by atoms with Crippen LogP contribution in [0.1, 0.15) is 47.5 Å². The van der Waals surface area contributed by atoms with E-state index >= 15 is 0 Å². The zero-order valence-corrected chi connectivity index (χ0v) is 13.9. The number of nitrogens with zero attached hydrogens (tertiary/aromatic N) is 1. The molecule has 1 N–H and O–H groups in total. The van der Waals surface area contributed by atoms with Crippen LogP contribution in [0.25, 0.3) is 0 Å². The molecule has 20 heavy (non-hydrogen) atoms. The highest BCUT2D eigenvalue weighted by Gasteiger charge is 2.46. The van der Waals surface area contributed by atoms with Gasteiger partial charge in [-0.2, -0.15) is 0 Å². The van der Waals surface area contributed by atoms with Gasteiger partial charge >= 0.3 is 6.09 Å². The van der Waals surface area contributed by atoms with Crippen LogP contribution in [0, 0.1) is 17.3 Å². The lowest BCUT2D eigenvalue weighted by atomic mass is 9.54. The van der Waals surface area contributed by atoms with Crippen molar-refractivity contribution in [2.45, 2.75) is 47.5 Å². The fourth-order valence-corrected chi connectivity index (χ4v) is 3.23. The summed E-state index contributed by atoms with van der Waals surface area (Å²) in [6, 6.07) is 0. The van der Waals surface area contributed by atoms with E-state index in [1.807, 2.05) is 0 Å². The predicted octanol–water partition coefficient (Wildman–Crippen LogP) is 3.13. The standard InChI is InChI=1S/C16H32N2O2/c1-6-13-11-14(16(13,4)5)12-17-15(19)20-10-9-18(7-2)8-3/h13-14H,6-12H2,1-5H3,(H,17,19)/t13-,14-/m1/s1. The Balaban J connectivity index is 2.15. The molecule has 1 fully saturated rings. The van der Waals surface area contributed by atoms with Crippen LogP contribution in [-0.4, -0.2) is 43.8 Å². The molecular formula is C16H32N2O2. The van der Waals surface area contributed by atoms with Crippen molar-refractivity contribution in [3.8, 4) is 0 Å². The van der Waals surface area contributed by atoms with Gasteiger partial charge in [-0.15, -0.1) is 0 Å². The Morgan fingerprint density at radius 1 is 1.25 bits per heavy atom. The molecule has 0 aromatic rings. The minimum absolute atomic E-state index is 0.270. The topological polar surface area (TPSA) is 41.6 Å². The maximum atomic E-state index is 11.7. The first-order chi connectivity index (χ1) is 9.45. The van der Waals surface area contributed by atoms with Crippen LogP contribution in [0.15, 0.2) is 0 Å². The fourth-order valence-electron chi connectivity index (χ4n) is 3.23. The molecule has 0 aliphatic heterocycles. The van der Waals surface area contributed by atoms with Gasteiger partial charge in [0.05, 0.1) is 0 Å². The van der Waals surface area contributed by atoms with Gasteiger partial charge in [-0.05, 0) is 36.8 Å². The van der Waals surface area contributed by atoms with Crippen molar-refractivity contribution in [3.05, 3.63) is 0 Å². The molecule has 4 nitrogen and oxygen atoms in total. The molecule has 0 unspecified atom stereocenters. The SMILES string of the molecule is CC[C@@H]1C[C@H](CNC(=O)OCCN(CC)CC)C1(C)C. The number of likely N-dealkylation sites (N-methyl/N-ethyl adjacent to an activating group) is 1. The van der Waals surface area contributed by atoms with Gasteiger partial charge in [0, 0.05) is 13.1 Å². The van der Waals surface area contributed by atoms with Crippen LogP contribution < -0.4 is 5.32 Å². The Hall–Kier alpha value is -0.770. The van der Waals surface area contributed by atoms with E-state index in [0.717, 1.165) is 32.1 Å². The van der Waals surface area contributed by atoms with E-state index in [2.05, 4.69) is 44.8 Å². The summed E-state index contributed by atoms with van der Waals surface area (Å²) in [6.45, 7) is 15.1. The molecule has 118 valence electrons. The maximum absolute atomic E-state index is 11.7. The zero-order valence-electron chi connectivity index (χ0n) is 13.9. The Labute approximate surface area is 124 Å². The Morgan fingerprint density at radius 3 is 2.40 bits per heavy atom. The van der Waals surface area contributed by atoms with Crippen molar-refractivity contribution in [2.75, 3.05) is 32.8 Å². The van der Waals surface area contributed by atoms with Crippen LogP contribution in [0.2, 0.25) is 0 Å². The lowest BCUT2D eigenvalue weighted by Gasteiger charge is -2.52. The van der Waals surface area contributed by atoms with Crippen LogP contribution in [0.5, 0.6) is 0 Å².